The Bertz CT molecular complexity index is 2190. The van der Waals surface area contributed by atoms with Crippen molar-refractivity contribution in [1.82, 2.24) is 0 Å². The van der Waals surface area contributed by atoms with Crippen molar-refractivity contribution < 1.29 is 52.5 Å². The predicted octanol–water partition coefficient (Wildman–Crippen LogP) is 6.56. The number of carbonyl (C=O) groups is 6. The van der Waals surface area contributed by atoms with E-state index in [4.69, 9.17) is 18.9 Å². The minimum absolute atomic E-state index is 0.0287. The van der Waals surface area contributed by atoms with Gasteiger partial charge in [0.2, 0.25) is 0 Å². The highest BCUT2D eigenvalue weighted by molar-refractivity contribution is 5.96. The quantitative estimate of drug-likeness (QED) is 0.0592. The van der Waals surface area contributed by atoms with Crippen molar-refractivity contribution in [2.75, 3.05) is 0 Å². The lowest BCUT2D eigenvalue weighted by molar-refractivity contribution is -0.156. The smallest absolute Gasteiger partial charge is 0.422 e. The number of rotatable bonds is 9. The summed E-state index contributed by atoms with van der Waals surface area (Å²) in [6.07, 6.45) is -1.39. The third-order valence-electron chi connectivity index (χ3n) is 6.70. The maximum Gasteiger partial charge on any atom is 0.521 e. The van der Waals surface area contributed by atoms with Crippen LogP contribution in [-0.2, 0) is 39.9 Å². The van der Waals surface area contributed by atoms with E-state index in [0.717, 1.165) is 0 Å². The van der Waals surface area contributed by atoms with Gasteiger partial charge in [-0.3, -0.25) is 4.79 Å². The first-order chi connectivity index (χ1) is 24.9. The predicted molar refractivity (Wildman–Crippen MR) is 193 cm³/mol. The Morgan fingerprint density at radius 2 is 1.08 bits per heavy atom. The van der Waals surface area contributed by atoms with E-state index >= 15 is 0 Å². The second-order valence-corrected chi connectivity index (χ2v) is 11.6. The molecule has 53 heavy (non-hydrogen) atoms. The fraction of sp³-hybridized carbons (Fsp3) is 0.143. The summed E-state index contributed by atoms with van der Waals surface area (Å²) >= 11 is 0. The molecule has 0 saturated heterocycles. The fourth-order valence-electron chi connectivity index (χ4n) is 3.82. The Hall–Kier alpha value is -7.24. The average Bonchev–Trinajstić information content (AvgIpc) is 3.09. The maximum absolute atomic E-state index is 12.8. The minimum Gasteiger partial charge on any atom is -0.422 e. The van der Waals surface area contributed by atoms with Crippen LogP contribution < -0.4 is 14.2 Å². The van der Waals surface area contributed by atoms with Crippen LogP contribution in [0.1, 0.15) is 61.1 Å². The topological polar surface area (TPSA) is 149 Å². The molecule has 0 unspecified atom stereocenters. The first-order valence-corrected chi connectivity index (χ1v) is 15.6. The Labute approximate surface area is 306 Å². The first kappa shape index (κ1) is 40.2. The van der Waals surface area contributed by atoms with Crippen LogP contribution in [-0.4, -0.2) is 36.0 Å². The van der Waals surface area contributed by atoms with E-state index in [0.29, 0.717) is 27.8 Å². The van der Waals surface area contributed by atoms with E-state index in [1.54, 1.807) is 43.3 Å². The van der Waals surface area contributed by atoms with Crippen LogP contribution in [0.5, 0.6) is 17.2 Å². The molecule has 3 aromatic carbocycles. The fourth-order valence-corrected chi connectivity index (χ4v) is 3.82. The van der Waals surface area contributed by atoms with Crippen molar-refractivity contribution in [3.8, 4) is 40.9 Å². The average molecular weight is 715 g/mol. The summed E-state index contributed by atoms with van der Waals surface area (Å²) in [4.78, 5) is 72.7. The molecule has 0 spiro atoms. The molecule has 0 heterocycles. The summed E-state index contributed by atoms with van der Waals surface area (Å²) in [5.74, 6) is 7.79. The molecular formula is C42H34O11. The van der Waals surface area contributed by atoms with E-state index in [9.17, 15) is 28.8 Å². The van der Waals surface area contributed by atoms with Gasteiger partial charge >= 0.3 is 36.0 Å². The van der Waals surface area contributed by atoms with Crippen LogP contribution in [0, 0.1) is 30.6 Å². The van der Waals surface area contributed by atoms with Gasteiger partial charge in [0.15, 0.2) is 11.5 Å². The standard InChI is InChI=1S/C42H34O11/c1-24(2)38(44)50-35-23-32(18-14-30-15-19-33(20-16-30)49-42(48)53-41(47)27(7)8)28(9)37(52-40(46)26(5)6)34(35)21-17-29-10-12-31(13-11-29)22-36(43)51-39(45)25(3)4/h10-13,15-16,19-20,23H,1,3,5,7,22H2,2,4,6,8-9H3. The normalized spacial score (nSPS) is 9.75. The largest absolute Gasteiger partial charge is 0.521 e. The second kappa shape index (κ2) is 18.1. The van der Waals surface area contributed by atoms with Crippen LogP contribution in [0.2, 0.25) is 0 Å². The summed E-state index contributed by atoms with van der Waals surface area (Å²) < 4.78 is 25.6. The van der Waals surface area contributed by atoms with Crippen molar-refractivity contribution in [1.29, 1.82) is 0 Å². The van der Waals surface area contributed by atoms with Gasteiger partial charge in [-0.1, -0.05) is 62.1 Å². The maximum atomic E-state index is 12.8. The van der Waals surface area contributed by atoms with Crippen LogP contribution in [0.3, 0.4) is 0 Å². The Morgan fingerprint density at radius 1 is 0.585 bits per heavy atom. The molecule has 0 aromatic heterocycles. The van der Waals surface area contributed by atoms with Gasteiger partial charge in [0, 0.05) is 44.5 Å². The van der Waals surface area contributed by atoms with Gasteiger partial charge in [0.1, 0.15) is 11.3 Å². The molecule has 0 saturated carbocycles. The van der Waals surface area contributed by atoms with Gasteiger partial charge in [0.05, 0.1) is 6.42 Å². The van der Waals surface area contributed by atoms with E-state index in [1.165, 1.54) is 45.9 Å². The molecule has 268 valence electrons. The molecule has 0 atom stereocenters. The summed E-state index contributed by atoms with van der Waals surface area (Å²) in [5, 5.41) is 0. The van der Waals surface area contributed by atoms with Gasteiger partial charge < -0.3 is 23.7 Å². The highest BCUT2D eigenvalue weighted by Gasteiger charge is 2.22. The lowest BCUT2D eigenvalue weighted by Gasteiger charge is -2.15. The summed E-state index contributed by atoms with van der Waals surface area (Å²) in [6, 6.07) is 13.9. The molecule has 0 aliphatic carbocycles. The zero-order valence-electron chi connectivity index (χ0n) is 29.7. The summed E-state index contributed by atoms with van der Waals surface area (Å²) in [7, 11) is 0. The molecular weight excluding hydrogens is 680 g/mol. The zero-order chi connectivity index (χ0) is 39.4. The van der Waals surface area contributed by atoms with E-state index in [1.807, 2.05) is 0 Å². The molecule has 0 aliphatic heterocycles. The number of hydrogen-bond acceptors (Lipinski definition) is 11. The van der Waals surface area contributed by atoms with Gasteiger partial charge in [-0.15, -0.1) is 0 Å². The van der Waals surface area contributed by atoms with Crippen LogP contribution in [0.15, 0.2) is 103 Å². The highest BCUT2D eigenvalue weighted by Crippen LogP contribution is 2.35. The van der Waals surface area contributed by atoms with Crippen LogP contribution in [0.25, 0.3) is 0 Å². The van der Waals surface area contributed by atoms with Crippen molar-refractivity contribution in [3.63, 3.8) is 0 Å². The molecule has 11 heteroatoms. The number of benzene rings is 3. The lowest BCUT2D eigenvalue weighted by Crippen LogP contribution is -2.16. The minimum atomic E-state index is -1.23. The number of esters is 5. The SMILES string of the molecule is C=C(C)C(=O)OC(=O)Cc1ccc(C#Cc2c(OC(=O)C(=C)C)cc(C#Cc3ccc(OC(=O)OC(=O)C(=C)C)cc3)c(C)c2OC(=O)C(=C)C)cc1. The van der Waals surface area contributed by atoms with Crippen LogP contribution in [0.4, 0.5) is 4.79 Å². The number of hydrogen-bond donors (Lipinski definition) is 0. The van der Waals surface area contributed by atoms with Gasteiger partial charge in [-0.2, -0.15) is 0 Å². The molecule has 3 aromatic rings. The molecule has 0 fully saturated rings. The molecule has 0 radical (unpaired) electrons. The van der Waals surface area contributed by atoms with E-state index < -0.39 is 36.0 Å². The Balaban J connectivity index is 2.04. The molecule has 0 N–H and O–H groups in total. The molecule has 0 bridgehead atoms. The zero-order valence-corrected chi connectivity index (χ0v) is 29.7. The van der Waals surface area contributed by atoms with Crippen molar-refractivity contribution >= 4 is 36.0 Å². The molecule has 11 nitrogen and oxygen atoms in total. The van der Waals surface area contributed by atoms with Crippen LogP contribution >= 0.6 is 0 Å². The van der Waals surface area contributed by atoms with E-state index in [-0.39, 0.29) is 51.5 Å². The molecule has 0 amide bonds. The van der Waals surface area contributed by atoms with E-state index in [2.05, 4.69) is 54.7 Å². The van der Waals surface area contributed by atoms with Gasteiger partial charge in [0.25, 0.3) is 0 Å². The number of carbonyl (C=O) groups excluding carboxylic acids is 6. The molecule has 3 rings (SSSR count). The van der Waals surface area contributed by atoms with Crippen molar-refractivity contribution in [2.24, 2.45) is 0 Å². The van der Waals surface area contributed by atoms with Gasteiger partial charge in [-0.25, -0.2) is 24.0 Å². The molecule has 0 aliphatic rings. The second-order valence-electron chi connectivity index (χ2n) is 11.6. The van der Waals surface area contributed by atoms with Crippen molar-refractivity contribution in [3.05, 3.63) is 137 Å². The monoisotopic (exact) mass is 714 g/mol. The number of ether oxygens (including phenoxy) is 5. The third-order valence-corrected chi connectivity index (χ3v) is 6.70. The third kappa shape index (κ3) is 11.9. The lowest BCUT2D eigenvalue weighted by atomic mass is 10.0. The Morgan fingerprint density at radius 3 is 1.62 bits per heavy atom. The summed E-state index contributed by atoms with van der Waals surface area (Å²) in [5.41, 5.74) is 2.58. The van der Waals surface area contributed by atoms with Crippen molar-refractivity contribution in [2.45, 2.75) is 41.0 Å². The Kier molecular flexibility index (Phi) is 13.7. The van der Waals surface area contributed by atoms with Gasteiger partial charge in [-0.05, 0) is 82.6 Å². The summed E-state index contributed by atoms with van der Waals surface area (Å²) in [6.45, 7) is 21.5. The highest BCUT2D eigenvalue weighted by atomic mass is 16.7. The first-order valence-electron chi connectivity index (χ1n) is 15.6.